The minimum atomic E-state index is -1.57. The summed E-state index contributed by atoms with van der Waals surface area (Å²) in [6.45, 7) is 3.81. The number of hydrogen-bond acceptors (Lipinski definition) is 8. The summed E-state index contributed by atoms with van der Waals surface area (Å²) in [5.41, 5.74) is 0. The van der Waals surface area contributed by atoms with Crippen LogP contribution in [0.1, 0.15) is 335 Å². The summed E-state index contributed by atoms with van der Waals surface area (Å²) in [5, 5.41) is 54.6. The van der Waals surface area contributed by atoms with Gasteiger partial charge in [0.15, 0.2) is 6.29 Å². The fourth-order valence-corrected chi connectivity index (χ4v) is 10.9. The second-order valence-electron chi connectivity index (χ2n) is 23.6. The molecule has 0 bridgehead atoms. The fraction of sp³-hybridized carbons (Fsp3) is 0.897. The second kappa shape index (κ2) is 57.6. The Morgan fingerprint density at radius 2 is 0.740 bits per heavy atom. The molecule has 77 heavy (non-hydrogen) atoms. The zero-order chi connectivity index (χ0) is 55.8. The van der Waals surface area contributed by atoms with Crippen molar-refractivity contribution < 1.29 is 39.8 Å². The summed E-state index contributed by atoms with van der Waals surface area (Å²) in [4.78, 5) is 13.1. The molecule has 0 radical (unpaired) electrons. The van der Waals surface area contributed by atoms with Crippen molar-refractivity contribution in [1.82, 2.24) is 5.32 Å². The van der Waals surface area contributed by atoms with Crippen LogP contribution in [-0.2, 0) is 14.3 Å². The van der Waals surface area contributed by atoms with Gasteiger partial charge in [0.25, 0.3) is 0 Å². The number of allylic oxidation sites excluding steroid dienone is 5. The van der Waals surface area contributed by atoms with Crippen LogP contribution in [0.3, 0.4) is 0 Å². The van der Waals surface area contributed by atoms with Gasteiger partial charge in [-0.3, -0.25) is 4.79 Å². The van der Waals surface area contributed by atoms with Crippen molar-refractivity contribution >= 4 is 5.91 Å². The Hall–Kier alpha value is -1.59. The Morgan fingerprint density at radius 1 is 0.429 bits per heavy atom. The molecule has 9 nitrogen and oxygen atoms in total. The van der Waals surface area contributed by atoms with E-state index in [1.54, 1.807) is 6.08 Å². The van der Waals surface area contributed by atoms with E-state index in [2.05, 4.69) is 43.5 Å². The molecule has 7 atom stereocenters. The van der Waals surface area contributed by atoms with Gasteiger partial charge in [-0.25, -0.2) is 0 Å². The third-order valence-electron chi connectivity index (χ3n) is 16.2. The van der Waals surface area contributed by atoms with E-state index in [1.165, 1.54) is 276 Å². The smallest absolute Gasteiger partial charge is 0.220 e. The summed E-state index contributed by atoms with van der Waals surface area (Å²) >= 11 is 0. The Labute approximate surface area is 476 Å². The Balaban J connectivity index is 2.13. The van der Waals surface area contributed by atoms with Crippen molar-refractivity contribution in [3.05, 3.63) is 36.5 Å². The van der Waals surface area contributed by atoms with Crippen LogP contribution < -0.4 is 5.32 Å². The standard InChI is InChI=1S/C68H129NO8/c1-3-5-7-9-11-13-15-17-19-21-23-25-26-27-28-29-30-31-32-33-34-35-36-38-40-42-44-46-48-50-52-54-56-58-64(72)69-61(60-76-68-67(75)66(74)65(73)63(59-70)77-68)62(71)57-55-53-51-49-47-45-43-41-39-37-24-22-20-18-16-14-12-10-8-6-4-2/h27-28,47,49,55,57,61-63,65-68,70-71,73-75H,3-26,29-46,48,50-54,56,58-60H2,1-2H3,(H,69,72)/b28-27-,49-47+,57-55+. The molecule has 0 aromatic rings. The van der Waals surface area contributed by atoms with Gasteiger partial charge >= 0.3 is 0 Å². The maximum absolute atomic E-state index is 13.1. The van der Waals surface area contributed by atoms with Crippen LogP contribution in [0.5, 0.6) is 0 Å². The van der Waals surface area contributed by atoms with Crippen molar-refractivity contribution in [3.63, 3.8) is 0 Å². The van der Waals surface area contributed by atoms with E-state index >= 15 is 0 Å². The molecule has 6 N–H and O–H groups in total. The summed E-state index contributed by atoms with van der Waals surface area (Å²) in [6.07, 6.45) is 69.7. The molecule has 9 heteroatoms. The average molecular weight is 1090 g/mol. The number of aliphatic hydroxyl groups is 5. The van der Waals surface area contributed by atoms with Crippen LogP contribution in [0.15, 0.2) is 36.5 Å². The summed E-state index contributed by atoms with van der Waals surface area (Å²) < 4.78 is 11.3. The van der Waals surface area contributed by atoms with Crippen LogP contribution in [0.4, 0.5) is 0 Å². The van der Waals surface area contributed by atoms with E-state index in [0.29, 0.717) is 6.42 Å². The van der Waals surface area contributed by atoms with Crippen molar-refractivity contribution in [1.29, 1.82) is 0 Å². The van der Waals surface area contributed by atoms with Crippen LogP contribution in [-0.4, -0.2) is 87.5 Å². The lowest BCUT2D eigenvalue weighted by molar-refractivity contribution is -0.302. The van der Waals surface area contributed by atoms with Gasteiger partial charge in [-0.1, -0.05) is 307 Å². The Kier molecular flexibility index (Phi) is 55.0. The molecule has 7 unspecified atom stereocenters. The second-order valence-corrected chi connectivity index (χ2v) is 23.6. The van der Waals surface area contributed by atoms with Gasteiger partial charge in [0.1, 0.15) is 24.4 Å². The lowest BCUT2D eigenvalue weighted by Crippen LogP contribution is -2.60. The maximum atomic E-state index is 13.1. The number of amides is 1. The van der Waals surface area contributed by atoms with Gasteiger partial charge in [0.05, 0.1) is 25.4 Å². The minimum Gasteiger partial charge on any atom is -0.394 e. The molecule has 0 spiro atoms. The van der Waals surface area contributed by atoms with E-state index in [0.717, 1.165) is 38.5 Å². The highest BCUT2D eigenvalue weighted by molar-refractivity contribution is 5.76. The quantitative estimate of drug-likeness (QED) is 0.0261. The largest absolute Gasteiger partial charge is 0.394 e. The first-order chi connectivity index (χ1) is 37.8. The van der Waals surface area contributed by atoms with Gasteiger partial charge in [-0.15, -0.1) is 0 Å². The van der Waals surface area contributed by atoms with Crippen molar-refractivity contribution in [2.45, 2.75) is 378 Å². The van der Waals surface area contributed by atoms with Crippen LogP contribution in [0.2, 0.25) is 0 Å². The third-order valence-corrected chi connectivity index (χ3v) is 16.2. The van der Waals surface area contributed by atoms with E-state index in [1.807, 2.05) is 6.08 Å². The number of ether oxygens (including phenoxy) is 2. The zero-order valence-electron chi connectivity index (χ0n) is 50.7. The molecule has 0 aromatic heterocycles. The van der Waals surface area contributed by atoms with Crippen LogP contribution in [0.25, 0.3) is 0 Å². The molecule has 1 fully saturated rings. The first-order valence-corrected chi connectivity index (χ1v) is 33.7. The molecule has 1 amide bonds. The topological polar surface area (TPSA) is 149 Å². The van der Waals surface area contributed by atoms with E-state index in [-0.39, 0.29) is 12.5 Å². The molecule has 1 aliphatic heterocycles. The average Bonchev–Trinajstić information content (AvgIpc) is 3.43. The highest BCUT2D eigenvalue weighted by Crippen LogP contribution is 2.23. The lowest BCUT2D eigenvalue weighted by Gasteiger charge is -2.40. The molecule has 0 aliphatic carbocycles. The van der Waals surface area contributed by atoms with E-state index in [4.69, 9.17) is 9.47 Å². The molecular formula is C68H129NO8. The first kappa shape index (κ1) is 73.4. The molecule has 1 heterocycles. The number of hydrogen-bond donors (Lipinski definition) is 6. The number of unbranched alkanes of at least 4 members (excludes halogenated alkanes) is 45. The number of rotatable bonds is 59. The lowest BCUT2D eigenvalue weighted by atomic mass is 9.99. The molecule has 1 rings (SSSR count). The predicted octanol–water partition coefficient (Wildman–Crippen LogP) is 17.9. The van der Waals surface area contributed by atoms with Gasteiger partial charge in [-0.2, -0.15) is 0 Å². The van der Waals surface area contributed by atoms with Gasteiger partial charge < -0.3 is 40.3 Å². The number of nitrogens with one attached hydrogen (secondary N) is 1. The van der Waals surface area contributed by atoms with E-state index < -0.39 is 49.5 Å². The number of carbonyl (C=O) groups is 1. The number of carbonyl (C=O) groups excluding carboxylic acids is 1. The van der Waals surface area contributed by atoms with Crippen molar-refractivity contribution in [2.75, 3.05) is 13.2 Å². The van der Waals surface area contributed by atoms with Gasteiger partial charge in [0.2, 0.25) is 5.91 Å². The van der Waals surface area contributed by atoms with Gasteiger partial charge in [-0.05, 0) is 57.8 Å². The van der Waals surface area contributed by atoms with Crippen molar-refractivity contribution in [3.8, 4) is 0 Å². The molecule has 1 aliphatic rings. The summed E-state index contributed by atoms with van der Waals surface area (Å²) in [5.74, 6) is -0.181. The maximum Gasteiger partial charge on any atom is 0.220 e. The van der Waals surface area contributed by atoms with Crippen LogP contribution in [0, 0.1) is 0 Å². The third kappa shape index (κ3) is 46.7. The van der Waals surface area contributed by atoms with Crippen LogP contribution >= 0.6 is 0 Å². The zero-order valence-corrected chi connectivity index (χ0v) is 50.7. The molecular weight excluding hydrogens is 959 g/mol. The molecule has 0 aromatic carbocycles. The molecule has 0 saturated carbocycles. The molecule has 454 valence electrons. The summed E-state index contributed by atoms with van der Waals surface area (Å²) in [6, 6.07) is -0.821. The monoisotopic (exact) mass is 1090 g/mol. The van der Waals surface area contributed by atoms with E-state index in [9.17, 15) is 30.3 Å². The highest BCUT2D eigenvalue weighted by Gasteiger charge is 2.44. The van der Waals surface area contributed by atoms with Crippen molar-refractivity contribution in [2.24, 2.45) is 0 Å². The highest BCUT2D eigenvalue weighted by atomic mass is 16.7. The Bertz CT molecular complexity index is 1310. The fourth-order valence-electron chi connectivity index (χ4n) is 10.9. The first-order valence-electron chi connectivity index (χ1n) is 33.7. The number of aliphatic hydroxyl groups excluding tert-OH is 5. The molecule has 1 saturated heterocycles. The normalized spacial score (nSPS) is 18.9. The predicted molar refractivity (Wildman–Crippen MR) is 327 cm³/mol. The Morgan fingerprint density at radius 3 is 1.09 bits per heavy atom. The minimum absolute atomic E-state index is 0.181. The van der Waals surface area contributed by atoms with Gasteiger partial charge in [0, 0.05) is 6.42 Å². The SMILES string of the molecule is CCCCCCCCCCCCCC/C=C\CCCCCCCCCCCCCCCCCCCC(=O)NC(COC1OC(CO)C(O)C(O)C1O)C(O)/C=C/CC/C=C/CCCCCCCCCCCCCCCCC. The summed E-state index contributed by atoms with van der Waals surface area (Å²) in [7, 11) is 0.